The molecule has 3 heterocycles. The largest absolute Gasteiger partial charge is 0.394 e. The minimum atomic E-state index is -1.97. The van der Waals surface area contributed by atoms with Crippen molar-refractivity contribution in [3.05, 3.63) is 12.2 Å². The molecule has 3 fully saturated rings. The van der Waals surface area contributed by atoms with E-state index in [0.717, 1.165) is 44.9 Å². The van der Waals surface area contributed by atoms with E-state index in [-0.39, 0.29) is 18.9 Å². The van der Waals surface area contributed by atoms with Gasteiger partial charge >= 0.3 is 0 Å². The second-order valence-corrected chi connectivity index (χ2v) is 30.7. The first-order valence-corrected chi connectivity index (χ1v) is 42.4. The maximum atomic E-state index is 13.5. The first-order chi connectivity index (χ1) is 49.3. The lowest BCUT2D eigenvalue weighted by molar-refractivity contribution is -0.379. The van der Waals surface area contributed by atoms with Crippen molar-refractivity contribution < 1.29 is 89.4 Å². The maximum Gasteiger partial charge on any atom is 0.220 e. The van der Waals surface area contributed by atoms with Gasteiger partial charge in [0.2, 0.25) is 5.91 Å². The van der Waals surface area contributed by atoms with Crippen molar-refractivity contribution in [3.63, 3.8) is 0 Å². The van der Waals surface area contributed by atoms with Gasteiger partial charge in [-0.25, -0.2) is 0 Å². The van der Waals surface area contributed by atoms with Gasteiger partial charge in [0.1, 0.15) is 73.2 Å². The van der Waals surface area contributed by atoms with E-state index in [1.165, 1.54) is 295 Å². The SMILES string of the molecule is CCCCCCCCCC/C=C\CCCCCCCCCCCCCCCCCCCCCCCCCCCCCC(=O)NC(COC1OC(CO)C(OC2OC(CO)C(OC3OC(CO)C(O)C(O)C3O)C(O)C2O)C(O)C1O)C(O)CCCCCCCCCCCCCCCCCCC. The summed E-state index contributed by atoms with van der Waals surface area (Å²) in [5.41, 5.74) is 0. The summed E-state index contributed by atoms with van der Waals surface area (Å²) in [7, 11) is 0. The average Bonchev–Trinajstić information content (AvgIpc) is 0.792. The van der Waals surface area contributed by atoms with Gasteiger partial charge in [-0.2, -0.15) is 0 Å². The molecule has 1 amide bonds. The van der Waals surface area contributed by atoms with Crippen LogP contribution in [-0.4, -0.2) is 193 Å². The lowest BCUT2D eigenvalue weighted by atomic mass is 9.96. The molecule has 3 aliphatic heterocycles. The number of amides is 1. The number of allylic oxidation sites excluding steroid dienone is 2. The Kier molecular flexibility index (Phi) is 58.9. The predicted octanol–water partition coefficient (Wildman–Crippen LogP) is 14.7. The van der Waals surface area contributed by atoms with E-state index in [1.807, 2.05) is 0 Å². The van der Waals surface area contributed by atoms with E-state index < -0.39 is 124 Å². The molecule has 0 bridgehead atoms. The number of carbonyl (C=O) groups is 1. The molecule has 12 N–H and O–H groups in total. The lowest BCUT2D eigenvalue weighted by Crippen LogP contribution is -2.66. The predicted molar refractivity (Wildman–Crippen MR) is 402 cm³/mol. The number of carbonyl (C=O) groups excluding carboxylic acids is 1. The number of rotatable bonds is 69. The number of unbranched alkanes of at least 4 members (excludes halogenated alkanes) is 51. The number of aliphatic hydroxyl groups excluding tert-OH is 11. The molecule has 0 radical (unpaired) electrons. The molecule has 17 unspecified atom stereocenters. The minimum Gasteiger partial charge on any atom is -0.394 e. The molecule has 19 nitrogen and oxygen atoms in total. The normalized spacial score (nSPS) is 26.3. The van der Waals surface area contributed by atoms with E-state index in [4.69, 9.17) is 28.4 Å². The smallest absolute Gasteiger partial charge is 0.220 e. The molecule has 3 rings (SSSR count). The molecule has 17 atom stereocenters. The van der Waals surface area contributed by atoms with Gasteiger partial charge in [-0.15, -0.1) is 0 Å². The van der Waals surface area contributed by atoms with E-state index >= 15 is 0 Å². The fraction of sp³-hybridized carbons (Fsp3) is 0.963. The Morgan fingerprint density at radius 2 is 0.624 bits per heavy atom. The van der Waals surface area contributed by atoms with Crippen LogP contribution in [0.4, 0.5) is 0 Å². The van der Waals surface area contributed by atoms with Crippen molar-refractivity contribution in [3.8, 4) is 0 Å². The highest BCUT2D eigenvalue weighted by Crippen LogP contribution is 2.34. The lowest BCUT2D eigenvalue weighted by Gasteiger charge is -2.48. The Morgan fingerprint density at radius 1 is 0.347 bits per heavy atom. The fourth-order valence-electron chi connectivity index (χ4n) is 14.8. The standard InChI is InChI=1S/C82H157NO18/c1-3-5-7-9-11-13-15-17-19-21-22-23-24-25-26-27-28-29-30-31-32-33-34-35-36-37-38-39-40-41-42-44-46-48-50-52-54-56-58-60-70(88)83-65(66(87)59-57-55-53-51-49-47-45-43-20-18-16-14-12-10-8-6-4-2)64-96-80-76(94)73(91)78(68(62-85)98-80)101-82-77(95)74(92)79(69(63-86)99-82)100-81-75(93)72(90)71(89)67(61-84)97-81/h21-22,65-69,71-82,84-87,89-95H,3-20,23-64H2,1-2H3,(H,83,88)/b22-21-. The number of nitrogens with one attached hydrogen (secondary N) is 1. The second kappa shape index (κ2) is 63.5. The van der Waals surface area contributed by atoms with Crippen LogP contribution in [0.3, 0.4) is 0 Å². The summed E-state index contributed by atoms with van der Waals surface area (Å²) in [6.45, 7) is 1.86. The zero-order chi connectivity index (χ0) is 73.2. The first kappa shape index (κ1) is 93.7. The van der Waals surface area contributed by atoms with Gasteiger partial charge in [-0.3, -0.25) is 4.79 Å². The van der Waals surface area contributed by atoms with Crippen molar-refractivity contribution in [2.75, 3.05) is 26.4 Å². The molecule has 19 heteroatoms. The second-order valence-electron chi connectivity index (χ2n) is 30.7. The summed E-state index contributed by atoms with van der Waals surface area (Å²) in [4.78, 5) is 13.5. The molecule has 0 aromatic heterocycles. The third kappa shape index (κ3) is 43.3. The van der Waals surface area contributed by atoms with Crippen LogP contribution in [0.25, 0.3) is 0 Å². The van der Waals surface area contributed by atoms with Gasteiger partial charge in [-0.1, -0.05) is 341 Å². The zero-order valence-electron chi connectivity index (χ0n) is 64.2. The molecule has 101 heavy (non-hydrogen) atoms. The highest BCUT2D eigenvalue weighted by atomic mass is 16.8. The fourth-order valence-corrected chi connectivity index (χ4v) is 14.8. The minimum absolute atomic E-state index is 0.234. The van der Waals surface area contributed by atoms with Crippen molar-refractivity contribution in [1.82, 2.24) is 5.32 Å². The Hall–Kier alpha value is -1.47. The number of ether oxygens (including phenoxy) is 6. The maximum absolute atomic E-state index is 13.5. The van der Waals surface area contributed by atoms with Crippen LogP contribution in [0.15, 0.2) is 12.2 Å². The van der Waals surface area contributed by atoms with Gasteiger partial charge in [0.25, 0.3) is 0 Å². The Morgan fingerprint density at radius 3 is 0.960 bits per heavy atom. The number of aliphatic hydroxyl groups is 11. The quantitative estimate of drug-likeness (QED) is 0.0199. The molecule has 3 saturated heterocycles. The summed E-state index contributed by atoms with van der Waals surface area (Å²) in [6, 6.07) is -0.884. The first-order valence-electron chi connectivity index (χ1n) is 42.4. The highest BCUT2D eigenvalue weighted by molar-refractivity contribution is 5.76. The van der Waals surface area contributed by atoms with Crippen molar-refractivity contribution in [2.45, 2.75) is 478 Å². The third-order valence-corrected chi connectivity index (χ3v) is 21.6. The topological polar surface area (TPSA) is 307 Å². The summed E-state index contributed by atoms with van der Waals surface area (Å²) in [5, 5.41) is 121. The van der Waals surface area contributed by atoms with E-state index in [0.29, 0.717) is 12.8 Å². The van der Waals surface area contributed by atoms with Crippen LogP contribution >= 0.6 is 0 Å². The molecule has 0 aromatic rings. The van der Waals surface area contributed by atoms with Gasteiger partial charge in [0.05, 0.1) is 38.6 Å². The summed E-state index contributed by atoms with van der Waals surface area (Å²) in [5.74, 6) is -0.234. The molecular weight excluding hydrogens is 1290 g/mol. The Bertz CT molecular complexity index is 1870. The molecule has 0 spiro atoms. The van der Waals surface area contributed by atoms with Gasteiger partial charge < -0.3 is 89.9 Å². The van der Waals surface area contributed by atoms with Crippen LogP contribution in [-0.2, 0) is 33.2 Å². The summed E-state index contributed by atoms with van der Waals surface area (Å²) < 4.78 is 34.5. The Labute approximate surface area is 614 Å². The monoisotopic (exact) mass is 1440 g/mol. The van der Waals surface area contributed by atoms with Crippen LogP contribution in [0.2, 0.25) is 0 Å². The molecule has 0 aromatic carbocycles. The number of hydrogen-bond donors (Lipinski definition) is 12. The average molecular weight is 1450 g/mol. The van der Waals surface area contributed by atoms with Crippen molar-refractivity contribution in [2.24, 2.45) is 0 Å². The Balaban J connectivity index is 1.28. The summed E-state index contributed by atoms with van der Waals surface area (Å²) in [6.07, 6.45) is 49.1. The molecular formula is C82H157NO18. The molecule has 0 aliphatic carbocycles. The van der Waals surface area contributed by atoms with Gasteiger partial charge in [0.15, 0.2) is 18.9 Å². The van der Waals surface area contributed by atoms with Crippen molar-refractivity contribution in [1.29, 1.82) is 0 Å². The summed E-state index contributed by atoms with van der Waals surface area (Å²) >= 11 is 0. The van der Waals surface area contributed by atoms with E-state index in [1.54, 1.807) is 0 Å². The van der Waals surface area contributed by atoms with E-state index in [2.05, 4.69) is 31.3 Å². The van der Waals surface area contributed by atoms with Crippen LogP contribution < -0.4 is 5.32 Å². The third-order valence-electron chi connectivity index (χ3n) is 21.6. The van der Waals surface area contributed by atoms with E-state index in [9.17, 15) is 61.0 Å². The van der Waals surface area contributed by atoms with Crippen LogP contribution in [0.5, 0.6) is 0 Å². The van der Waals surface area contributed by atoms with Gasteiger partial charge in [0, 0.05) is 6.42 Å². The molecule has 0 saturated carbocycles. The zero-order valence-corrected chi connectivity index (χ0v) is 64.2. The molecule has 3 aliphatic rings. The number of hydrogen-bond acceptors (Lipinski definition) is 18. The van der Waals surface area contributed by atoms with Crippen molar-refractivity contribution >= 4 is 5.91 Å². The molecule has 598 valence electrons. The van der Waals surface area contributed by atoms with Gasteiger partial charge in [-0.05, 0) is 38.5 Å². The van der Waals surface area contributed by atoms with Crippen LogP contribution in [0, 0.1) is 0 Å². The highest BCUT2D eigenvalue weighted by Gasteiger charge is 2.54. The van der Waals surface area contributed by atoms with Crippen LogP contribution in [0.1, 0.15) is 373 Å².